The average Bonchev–Trinajstić information content (AvgIpc) is 2.39. The molecule has 0 spiro atoms. The molecule has 0 amide bonds. The third-order valence-corrected chi connectivity index (χ3v) is 2.66. The number of hydrogen-bond acceptors (Lipinski definition) is 2. The summed E-state index contributed by atoms with van der Waals surface area (Å²) in [6.45, 7) is 0. The number of alkyl halides is 4. The van der Waals surface area contributed by atoms with Crippen LogP contribution in [0.2, 0.25) is 0 Å². The van der Waals surface area contributed by atoms with E-state index in [-0.39, 0.29) is 17.5 Å². The predicted molar refractivity (Wildman–Crippen MR) is 65.3 cm³/mol. The number of halogens is 4. The van der Waals surface area contributed by atoms with Crippen molar-refractivity contribution >= 4 is 11.6 Å². The van der Waals surface area contributed by atoms with Crippen LogP contribution in [0.15, 0.2) is 42.6 Å². The van der Waals surface area contributed by atoms with E-state index >= 15 is 0 Å². The van der Waals surface area contributed by atoms with Gasteiger partial charge in [-0.3, -0.25) is 0 Å². The van der Waals surface area contributed by atoms with Crippen molar-refractivity contribution in [3.05, 3.63) is 53.7 Å². The van der Waals surface area contributed by atoms with Crippen LogP contribution in [0.3, 0.4) is 0 Å². The van der Waals surface area contributed by atoms with Gasteiger partial charge in [-0.1, -0.05) is 12.1 Å². The van der Waals surface area contributed by atoms with Crippen LogP contribution in [-0.2, 0) is 12.1 Å². The van der Waals surface area contributed by atoms with E-state index in [1.54, 1.807) is 12.1 Å². The zero-order valence-corrected chi connectivity index (χ0v) is 10.4. The topological polar surface area (TPSA) is 22.1 Å². The highest BCUT2D eigenvalue weighted by molar-refractivity contribution is 6.17. The van der Waals surface area contributed by atoms with Gasteiger partial charge >= 0.3 is 6.18 Å². The minimum atomic E-state index is -4.40. The maximum absolute atomic E-state index is 12.6. The van der Waals surface area contributed by atoms with Gasteiger partial charge < -0.3 is 4.74 Å². The number of aromatic nitrogens is 1. The minimum Gasteiger partial charge on any atom is -0.439 e. The third-order valence-electron chi connectivity index (χ3n) is 2.37. The molecule has 6 heteroatoms. The Morgan fingerprint density at radius 2 is 1.95 bits per heavy atom. The first kappa shape index (κ1) is 13.7. The van der Waals surface area contributed by atoms with Crippen LogP contribution in [-0.4, -0.2) is 4.98 Å². The van der Waals surface area contributed by atoms with Crippen LogP contribution < -0.4 is 4.74 Å². The standard InChI is InChI=1S/C13H9ClF3NO/c14-8-9-3-2-6-18-12(9)19-11-5-1-4-10(7-11)13(15,16)17/h1-7H,8H2. The maximum atomic E-state index is 12.6. The minimum absolute atomic E-state index is 0.0693. The Bertz CT molecular complexity index is 572. The molecule has 0 bridgehead atoms. The molecule has 0 N–H and O–H groups in total. The van der Waals surface area contributed by atoms with Crippen molar-refractivity contribution < 1.29 is 17.9 Å². The SMILES string of the molecule is FC(F)(F)c1cccc(Oc2ncccc2CCl)c1. The van der Waals surface area contributed by atoms with Gasteiger partial charge in [0.2, 0.25) is 5.88 Å². The summed E-state index contributed by atoms with van der Waals surface area (Å²) in [5, 5.41) is 0. The van der Waals surface area contributed by atoms with Gasteiger partial charge in [0.15, 0.2) is 0 Å². The zero-order chi connectivity index (χ0) is 13.9. The summed E-state index contributed by atoms with van der Waals surface area (Å²) in [5.74, 6) is 0.444. The lowest BCUT2D eigenvalue weighted by Crippen LogP contribution is -2.04. The number of nitrogens with zero attached hydrogens (tertiary/aromatic N) is 1. The molecule has 1 aromatic carbocycles. The fourth-order valence-electron chi connectivity index (χ4n) is 1.47. The maximum Gasteiger partial charge on any atom is 0.416 e. The largest absolute Gasteiger partial charge is 0.439 e. The number of ether oxygens (including phenoxy) is 1. The van der Waals surface area contributed by atoms with Gasteiger partial charge in [0.1, 0.15) is 5.75 Å². The van der Waals surface area contributed by atoms with Crippen molar-refractivity contribution in [3.63, 3.8) is 0 Å². The average molecular weight is 288 g/mol. The van der Waals surface area contributed by atoms with Crippen LogP contribution in [0.4, 0.5) is 13.2 Å². The molecule has 100 valence electrons. The molecule has 0 unspecified atom stereocenters. The second-order valence-corrected chi connectivity index (χ2v) is 4.00. The van der Waals surface area contributed by atoms with Crippen molar-refractivity contribution in [2.45, 2.75) is 12.1 Å². The smallest absolute Gasteiger partial charge is 0.416 e. The first-order valence-electron chi connectivity index (χ1n) is 5.35. The molecule has 19 heavy (non-hydrogen) atoms. The second-order valence-electron chi connectivity index (χ2n) is 3.73. The Morgan fingerprint density at radius 3 is 2.63 bits per heavy atom. The third kappa shape index (κ3) is 3.38. The van der Waals surface area contributed by atoms with E-state index in [1.165, 1.54) is 18.3 Å². The van der Waals surface area contributed by atoms with Crippen molar-refractivity contribution in [1.29, 1.82) is 0 Å². The van der Waals surface area contributed by atoms with Gasteiger partial charge in [0, 0.05) is 11.8 Å². The van der Waals surface area contributed by atoms with E-state index in [2.05, 4.69) is 4.98 Å². The molecule has 0 saturated heterocycles. The van der Waals surface area contributed by atoms with Crippen molar-refractivity contribution in [2.75, 3.05) is 0 Å². The lowest BCUT2D eigenvalue weighted by Gasteiger charge is -2.10. The molecule has 0 atom stereocenters. The lowest BCUT2D eigenvalue weighted by atomic mass is 10.2. The number of rotatable bonds is 3. The summed E-state index contributed by atoms with van der Waals surface area (Å²) in [4.78, 5) is 3.95. The molecule has 0 aliphatic carbocycles. The van der Waals surface area contributed by atoms with E-state index in [9.17, 15) is 13.2 Å². The van der Waals surface area contributed by atoms with Crippen LogP contribution in [0.25, 0.3) is 0 Å². The van der Waals surface area contributed by atoms with Gasteiger partial charge in [-0.15, -0.1) is 11.6 Å². The highest BCUT2D eigenvalue weighted by Crippen LogP contribution is 2.33. The van der Waals surface area contributed by atoms with Crippen molar-refractivity contribution in [1.82, 2.24) is 4.98 Å². The zero-order valence-electron chi connectivity index (χ0n) is 9.62. The molecule has 0 saturated carbocycles. The molecular weight excluding hydrogens is 279 g/mol. The molecule has 0 aliphatic rings. The lowest BCUT2D eigenvalue weighted by molar-refractivity contribution is -0.137. The van der Waals surface area contributed by atoms with Crippen LogP contribution in [0, 0.1) is 0 Å². The van der Waals surface area contributed by atoms with Crippen LogP contribution >= 0.6 is 11.6 Å². The summed E-state index contributed by atoms with van der Waals surface area (Å²) >= 11 is 5.70. The van der Waals surface area contributed by atoms with Gasteiger partial charge in [0.25, 0.3) is 0 Å². The van der Waals surface area contributed by atoms with Gasteiger partial charge in [0.05, 0.1) is 11.4 Å². The predicted octanol–water partition coefficient (Wildman–Crippen LogP) is 4.63. The molecule has 2 rings (SSSR count). The molecule has 0 fully saturated rings. The van der Waals surface area contributed by atoms with Gasteiger partial charge in [-0.05, 0) is 24.3 Å². The fourth-order valence-corrected chi connectivity index (χ4v) is 1.67. The van der Waals surface area contributed by atoms with Crippen LogP contribution in [0.1, 0.15) is 11.1 Å². The first-order chi connectivity index (χ1) is 9.00. The van der Waals surface area contributed by atoms with E-state index in [0.717, 1.165) is 12.1 Å². The van der Waals surface area contributed by atoms with E-state index in [0.29, 0.717) is 5.56 Å². The number of benzene rings is 1. The highest BCUT2D eigenvalue weighted by Gasteiger charge is 2.30. The van der Waals surface area contributed by atoms with Gasteiger partial charge in [-0.25, -0.2) is 4.98 Å². The summed E-state index contributed by atoms with van der Waals surface area (Å²) in [7, 11) is 0. The Hall–Kier alpha value is -1.75. The molecule has 0 aliphatic heterocycles. The Balaban J connectivity index is 2.29. The second kappa shape index (κ2) is 5.48. The van der Waals surface area contributed by atoms with E-state index in [4.69, 9.17) is 16.3 Å². The molecule has 2 aromatic rings. The van der Waals surface area contributed by atoms with Crippen molar-refractivity contribution in [3.8, 4) is 11.6 Å². The number of pyridine rings is 1. The molecule has 2 nitrogen and oxygen atoms in total. The Kier molecular flexibility index (Phi) is 3.95. The number of hydrogen-bond donors (Lipinski definition) is 0. The van der Waals surface area contributed by atoms with E-state index < -0.39 is 11.7 Å². The Morgan fingerprint density at radius 1 is 1.16 bits per heavy atom. The fraction of sp³-hybridized carbons (Fsp3) is 0.154. The molecule has 0 radical (unpaired) electrons. The quantitative estimate of drug-likeness (QED) is 0.768. The first-order valence-corrected chi connectivity index (χ1v) is 5.89. The summed E-state index contributed by atoms with van der Waals surface area (Å²) < 4.78 is 43.0. The molecule has 1 heterocycles. The molecule has 1 aromatic heterocycles. The monoisotopic (exact) mass is 287 g/mol. The van der Waals surface area contributed by atoms with E-state index in [1.807, 2.05) is 0 Å². The van der Waals surface area contributed by atoms with Gasteiger partial charge in [-0.2, -0.15) is 13.2 Å². The van der Waals surface area contributed by atoms with Crippen molar-refractivity contribution in [2.24, 2.45) is 0 Å². The summed E-state index contributed by atoms with van der Waals surface area (Å²) in [6.07, 6.45) is -2.92. The normalized spacial score (nSPS) is 11.4. The Labute approximate surface area is 112 Å². The highest BCUT2D eigenvalue weighted by atomic mass is 35.5. The molecular formula is C13H9ClF3NO. The van der Waals surface area contributed by atoms with Crippen LogP contribution in [0.5, 0.6) is 11.6 Å². The summed E-state index contributed by atoms with van der Waals surface area (Å²) in [5.41, 5.74) is -0.157. The summed E-state index contributed by atoms with van der Waals surface area (Å²) in [6, 6.07) is 7.99.